The molecule has 0 saturated heterocycles. The summed E-state index contributed by atoms with van der Waals surface area (Å²) in [5.74, 6) is 0.0278. The van der Waals surface area contributed by atoms with Crippen molar-refractivity contribution in [2.45, 2.75) is 19.5 Å². The second-order valence-electron chi connectivity index (χ2n) is 4.89. The molecule has 3 rings (SSSR count). The standard InChI is InChI=1S/C15H15N3O2/c19-11-14-6-8-18(16-14)10-15(20)17-7-5-12-3-1-2-4-13(12)9-17/h1-4,6,8,11H,5,7,9-10H2. The molecule has 0 saturated carbocycles. The van der Waals surface area contributed by atoms with Crippen molar-refractivity contribution in [2.75, 3.05) is 6.54 Å². The van der Waals surface area contributed by atoms with Crippen LogP contribution in [0.1, 0.15) is 21.6 Å². The van der Waals surface area contributed by atoms with Crippen molar-refractivity contribution in [3.05, 3.63) is 53.3 Å². The maximum Gasteiger partial charge on any atom is 0.244 e. The number of amides is 1. The highest BCUT2D eigenvalue weighted by Crippen LogP contribution is 2.18. The molecule has 5 nitrogen and oxygen atoms in total. The Balaban J connectivity index is 1.68. The quantitative estimate of drug-likeness (QED) is 0.789. The first kappa shape index (κ1) is 12.6. The summed E-state index contributed by atoms with van der Waals surface area (Å²) < 4.78 is 1.51. The highest BCUT2D eigenvalue weighted by Gasteiger charge is 2.20. The molecule has 0 unspecified atom stereocenters. The molecular formula is C15H15N3O2. The van der Waals surface area contributed by atoms with E-state index in [1.165, 1.54) is 15.8 Å². The second-order valence-corrected chi connectivity index (χ2v) is 4.89. The SMILES string of the molecule is O=Cc1ccn(CC(=O)N2CCc3ccccc3C2)n1. The van der Waals surface area contributed by atoms with E-state index in [0.717, 1.165) is 13.0 Å². The topological polar surface area (TPSA) is 55.2 Å². The molecule has 1 amide bonds. The highest BCUT2D eigenvalue weighted by atomic mass is 16.2. The maximum absolute atomic E-state index is 12.3. The Bertz CT molecular complexity index is 648. The Morgan fingerprint density at radius 2 is 2.05 bits per heavy atom. The molecule has 0 radical (unpaired) electrons. The molecule has 1 aromatic carbocycles. The lowest BCUT2D eigenvalue weighted by molar-refractivity contribution is -0.133. The van der Waals surface area contributed by atoms with Gasteiger partial charge >= 0.3 is 0 Å². The van der Waals surface area contributed by atoms with E-state index in [4.69, 9.17) is 0 Å². The Morgan fingerprint density at radius 3 is 2.80 bits per heavy atom. The van der Waals surface area contributed by atoms with Gasteiger partial charge in [0, 0.05) is 19.3 Å². The second kappa shape index (κ2) is 5.28. The minimum absolute atomic E-state index is 0.0278. The van der Waals surface area contributed by atoms with Crippen LogP contribution >= 0.6 is 0 Å². The lowest BCUT2D eigenvalue weighted by Gasteiger charge is -2.28. The number of carbonyl (C=O) groups excluding carboxylic acids is 2. The van der Waals surface area contributed by atoms with Crippen LogP contribution in [0.5, 0.6) is 0 Å². The summed E-state index contributed by atoms with van der Waals surface area (Å²) in [4.78, 5) is 24.7. The zero-order valence-corrected chi connectivity index (χ0v) is 11.0. The van der Waals surface area contributed by atoms with Crippen LogP contribution in [0.25, 0.3) is 0 Å². The van der Waals surface area contributed by atoms with Gasteiger partial charge in [-0.2, -0.15) is 5.10 Å². The van der Waals surface area contributed by atoms with Gasteiger partial charge in [-0.1, -0.05) is 24.3 Å². The summed E-state index contributed by atoms with van der Waals surface area (Å²) in [5.41, 5.74) is 2.88. The third-order valence-corrected chi connectivity index (χ3v) is 3.56. The zero-order chi connectivity index (χ0) is 13.9. The molecule has 5 heteroatoms. The number of nitrogens with zero attached hydrogens (tertiary/aromatic N) is 3. The predicted octanol–water partition coefficient (Wildman–Crippen LogP) is 1.28. The summed E-state index contributed by atoms with van der Waals surface area (Å²) in [6.07, 6.45) is 3.22. The van der Waals surface area contributed by atoms with Gasteiger partial charge in [-0.15, -0.1) is 0 Å². The molecule has 20 heavy (non-hydrogen) atoms. The smallest absolute Gasteiger partial charge is 0.244 e. The van der Waals surface area contributed by atoms with Gasteiger partial charge in [-0.25, -0.2) is 0 Å². The molecule has 0 atom stereocenters. The summed E-state index contributed by atoms with van der Waals surface area (Å²) in [5, 5.41) is 4.01. The first-order valence-corrected chi connectivity index (χ1v) is 6.59. The van der Waals surface area contributed by atoms with Gasteiger partial charge in [0.2, 0.25) is 5.91 Å². The van der Waals surface area contributed by atoms with Crippen LogP contribution in [0.3, 0.4) is 0 Å². The number of carbonyl (C=O) groups is 2. The molecule has 2 heterocycles. The monoisotopic (exact) mass is 269 g/mol. The molecule has 0 N–H and O–H groups in total. The van der Waals surface area contributed by atoms with Gasteiger partial charge in [-0.05, 0) is 23.6 Å². The van der Waals surface area contributed by atoms with E-state index < -0.39 is 0 Å². The van der Waals surface area contributed by atoms with Gasteiger partial charge in [-0.3, -0.25) is 14.3 Å². The third-order valence-electron chi connectivity index (χ3n) is 3.56. The molecule has 1 aliphatic rings. The van der Waals surface area contributed by atoms with Crippen molar-refractivity contribution in [2.24, 2.45) is 0 Å². The Morgan fingerprint density at radius 1 is 1.25 bits per heavy atom. The van der Waals surface area contributed by atoms with Gasteiger partial charge in [0.1, 0.15) is 12.2 Å². The Labute approximate surface area is 116 Å². The number of aldehydes is 1. The van der Waals surface area contributed by atoms with E-state index in [1.54, 1.807) is 12.3 Å². The summed E-state index contributed by atoms with van der Waals surface area (Å²) in [7, 11) is 0. The largest absolute Gasteiger partial charge is 0.336 e. The molecule has 0 spiro atoms. The molecule has 1 aromatic heterocycles. The summed E-state index contributed by atoms with van der Waals surface area (Å²) >= 11 is 0. The number of rotatable bonds is 3. The van der Waals surface area contributed by atoms with E-state index in [9.17, 15) is 9.59 Å². The van der Waals surface area contributed by atoms with Crippen LogP contribution in [0.4, 0.5) is 0 Å². The van der Waals surface area contributed by atoms with Crippen LogP contribution in [0.2, 0.25) is 0 Å². The lowest BCUT2D eigenvalue weighted by atomic mass is 10.00. The first-order valence-electron chi connectivity index (χ1n) is 6.59. The summed E-state index contributed by atoms with van der Waals surface area (Å²) in [6.45, 7) is 1.56. The molecule has 2 aromatic rings. The molecule has 102 valence electrons. The number of benzene rings is 1. The molecular weight excluding hydrogens is 254 g/mol. The van der Waals surface area contributed by atoms with Gasteiger partial charge in [0.25, 0.3) is 0 Å². The number of aromatic nitrogens is 2. The van der Waals surface area contributed by atoms with Crippen molar-refractivity contribution in [3.63, 3.8) is 0 Å². The maximum atomic E-state index is 12.3. The van der Waals surface area contributed by atoms with Crippen molar-refractivity contribution < 1.29 is 9.59 Å². The average molecular weight is 269 g/mol. The number of fused-ring (bicyclic) bond motifs is 1. The molecule has 0 fully saturated rings. The normalized spacial score (nSPS) is 13.9. The van der Waals surface area contributed by atoms with Crippen LogP contribution in [0, 0.1) is 0 Å². The molecule has 0 bridgehead atoms. The van der Waals surface area contributed by atoms with E-state index in [0.29, 0.717) is 18.5 Å². The van der Waals surface area contributed by atoms with Crippen LogP contribution in [-0.2, 0) is 24.3 Å². The fraction of sp³-hybridized carbons (Fsp3) is 0.267. The van der Waals surface area contributed by atoms with Crippen molar-refractivity contribution in [1.29, 1.82) is 0 Å². The third kappa shape index (κ3) is 2.47. The summed E-state index contributed by atoms with van der Waals surface area (Å²) in [6, 6.07) is 9.80. The Kier molecular flexibility index (Phi) is 3.33. The van der Waals surface area contributed by atoms with Crippen LogP contribution in [-0.4, -0.2) is 33.4 Å². The zero-order valence-electron chi connectivity index (χ0n) is 11.0. The fourth-order valence-electron chi connectivity index (χ4n) is 2.48. The van der Waals surface area contributed by atoms with E-state index in [1.807, 2.05) is 17.0 Å². The average Bonchev–Trinajstić information content (AvgIpc) is 2.94. The van der Waals surface area contributed by atoms with Crippen molar-refractivity contribution in [1.82, 2.24) is 14.7 Å². The van der Waals surface area contributed by atoms with E-state index in [2.05, 4.69) is 17.2 Å². The van der Waals surface area contributed by atoms with Gasteiger partial charge in [0.15, 0.2) is 6.29 Å². The van der Waals surface area contributed by atoms with Gasteiger partial charge in [0.05, 0.1) is 0 Å². The molecule has 0 aliphatic carbocycles. The molecule has 1 aliphatic heterocycles. The van der Waals surface area contributed by atoms with Crippen LogP contribution in [0.15, 0.2) is 36.5 Å². The predicted molar refractivity (Wildman–Crippen MR) is 73.2 cm³/mol. The van der Waals surface area contributed by atoms with Crippen LogP contribution < -0.4 is 0 Å². The highest BCUT2D eigenvalue weighted by molar-refractivity contribution is 5.76. The Hall–Kier alpha value is -2.43. The van der Waals surface area contributed by atoms with Gasteiger partial charge < -0.3 is 4.90 Å². The van der Waals surface area contributed by atoms with E-state index >= 15 is 0 Å². The first-order chi connectivity index (χ1) is 9.76. The number of hydrogen-bond acceptors (Lipinski definition) is 3. The number of hydrogen-bond donors (Lipinski definition) is 0. The van der Waals surface area contributed by atoms with Crippen molar-refractivity contribution >= 4 is 12.2 Å². The fourth-order valence-corrected chi connectivity index (χ4v) is 2.48. The lowest BCUT2D eigenvalue weighted by Crippen LogP contribution is -2.38. The van der Waals surface area contributed by atoms with E-state index in [-0.39, 0.29) is 12.5 Å². The van der Waals surface area contributed by atoms with Crippen molar-refractivity contribution in [3.8, 4) is 0 Å². The minimum Gasteiger partial charge on any atom is -0.336 e. The minimum atomic E-state index is 0.0278.